The highest BCUT2D eigenvalue weighted by atomic mass is 32.1. The lowest BCUT2D eigenvalue weighted by Gasteiger charge is -2.25. The molecule has 3 heterocycles. The van der Waals surface area contributed by atoms with Crippen LogP contribution in [0.4, 0.5) is 5.69 Å². The van der Waals surface area contributed by atoms with Crippen molar-refractivity contribution in [1.82, 2.24) is 10.3 Å². The maximum Gasteiger partial charge on any atom is 0.265 e. The fourth-order valence-corrected chi connectivity index (χ4v) is 3.59. The topological polar surface area (TPSA) is 54.0 Å². The standard InChI is InChI=1S/C16H13N3OS/c1-9-6-7-11(17-8-9)15-18-13-10-4-2-3-5-12(10)21-14(13)16(20)19-15/h2-8,15,18H,1H3,(H,19,20). The SMILES string of the molecule is Cc1ccc(C2NC(=O)c3sc4ccccc4c3N2)nc1. The van der Waals surface area contributed by atoms with Crippen LogP contribution in [0.2, 0.25) is 0 Å². The number of hydrogen-bond donors (Lipinski definition) is 2. The summed E-state index contributed by atoms with van der Waals surface area (Å²) in [5.74, 6) is -0.0441. The molecule has 0 spiro atoms. The molecule has 5 heteroatoms. The highest BCUT2D eigenvalue weighted by Gasteiger charge is 2.28. The van der Waals surface area contributed by atoms with Crippen molar-refractivity contribution in [2.45, 2.75) is 13.1 Å². The minimum atomic E-state index is -0.288. The van der Waals surface area contributed by atoms with Crippen LogP contribution >= 0.6 is 11.3 Å². The van der Waals surface area contributed by atoms with E-state index >= 15 is 0 Å². The molecule has 0 saturated carbocycles. The van der Waals surface area contributed by atoms with Crippen molar-refractivity contribution in [3.05, 3.63) is 58.7 Å². The average Bonchev–Trinajstić information content (AvgIpc) is 2.87. The largest absolute Gasteiger partial charge is 0.358 e. The Kier molecular flexibility index (Phi) is 2.68. The number of nitrogens with zero attached hydrogens (tertiary/aromatic N) is 1. The van der Waals surface area contributed by atoms with Crippen molar-refractivity contribution in [1.29, 1.82) is 0 Å². The summed E-state index contributed by atoms with van der Waals surface area (Å²) in [4.78, 5) is 17.5. The molecule has 0 fully saturated rings. The van der Waals surface area contributed by atoms with E-state index in [2.05, 4.69) is 15.6 Å². The van der Waals surface area contributed by atoms with E-state index in [9.17, 15) is 4.79 Å². The normalized spacial score (nSPS) is 17.2. The Morgan fingerprint density at radius 2 is 2.00 bits per heavy atom. The number of aromatic nitrogens is 1. The highest BCUT2D eigenvalue weighted by molar-refractivity contribution is 7.21. The van der Waals surface area contributed by atoms with E-state index in [1.807, 2.05) is 49.5 Å². The molecule has 1 atom stereocenters. The van der Waals surface area contributed by atoms with E-state index in [1.54, 1.807) is 0 Å². The number of aryl methyl sites for hydroxylation is 1. The number of nitrogens with one attached hydrogen (secondary N) is 2. The van der Waals surface area contributed by atoms with Crippen molar-refractivity contribution in [2.24, 2.45) is 0 Å². The van der Waals surface area contributed by atoms with Crippen molar-refractivity contribution in [3.63, 3.8) is 0 Å². The van der Waals surface area contributed by atoms with Gasteiger partial charge in [0.25, 0.3) is 5.91 Å². The number of thiophene rings is 1. The predicted octanol–water partition coefficient (Wildman–Crippen LogP) is 3.46. The molecule has 0 saturated heterocycles. The summed E-state index contributed by atoms with van der Waals surface area (Å²) < 4.78 is 1.11. The summed E-state index contributed by atoms with van der Waals surface area (Å²) in [6, 6.07) is 12.0. The lowest BCUT2D eigenvalue weighted by atomic mass is 10.1. The molecule has 4 rings (SSSR count). The summed E-state index contributed by atoms with van der Waals surface area (Å²) in [5, 5.41) is 7.46. The molecule has 2 N–H and O–H groups in total. The van der Waals surface area contributed by atoms with Gasteiger partial charge in [0.15, 0.2) is 0 Å². The third-order valence-electron chi connectivity index (χ3n) is 3.60. The number of benzene rings is 1. The zero-order chi connectivity index (χ0) is 14.4. The molecule has 0 aliphatic carbocycles. The van der Waals surface area contributed by atoms with E-state index in [4.69, 9.17) is 0 Å². The fourth-order valence-electron chi connectivity index (χ4n) is 2.52. The fraction of sp³-hybridized carbons (Fsp3) is 0.125. The molecule has 2 aromatic heterocycles. The minimum absolute atomic E-state index is 0.0441. The van der Waals surface area contributed by atoms with Gasteiger partial charge in [0, 0.05) is 16.3 Å². The summed E-state index contributed by atoms with van der Waals surface area (Å²) in [7, 11) is 0. The van der Waals surface area contributed by atoms with Crippen molar-refractivity contribution in [3.8, 4) is 0 Å². The van der Waals surface area contributed by atoms with Crippen LogP contribution in [0, 0.1) is 6.92 Å². The third kappa shape index (κ3) is 1.97. The van der Waals surface area contributed by atoms with Crippen LogP contribution in [-0.4, -0.2) is 10.9 Å². The zero-order valence-corrected chi connectivity index (χ0v) is 12.2. The first-order valence-electron chi connectivity index (χ1n) is 6.74. The van der Waals surface area contributed by atoms with Gasteiger partial charge >= 0.3 is 0 Å². The lowest BCUT2D eigenvalue weighted by molar-refractivity contribution is 0.0939. The molecule has 1 aliphatic rings. The smallest absolute Gasteiger partial charge is 0.265 e. The van der Waals surface area contributed by atoms with Gasteiger partial charge in [-0.3, -0.25) is 9.78 Å². The molecule has 104 valence electrons. The Hall–Kier alpha value is -2.40. The van der Waals surface area contributed by atoms with Gasteiger partial charge in [0.05, 0.1) is 11.4 Å². The van der Waals surface area contributed by atoms with E-state index in [1.165, 1.54) is 11.3 Å². The number of carbonyl (C=O) groups is 1. The summed E-state index contributed by atoms with van der Waals surface area (Å²) >= 11 is 1.51. The molecule has 0 radical (unpaired) electrons. The van der Waals surface area contributed by atoms with Crippen molar-refractivity contribution < 1.29 is 4.79 Å². The molecular formula is C16H13N3OS. The highest BCUT2D eigenvalue weighted by Crippen LogP contribution is 2.39. The number of hydrogen-bond acceptors (Lipinski definition) is 4. The first kappa shape index (κ1) is 12.3. The minimum Gasteiger partial charge on any atom is -0.358 e. The molecule has 1 aromatic carbocycles. The summed E-state index contributed by atoms with van der Waals surface area (Å²) in [6.07, 6.45) is 1.52. The Balaban J connectivity index is 1.80. The lowest BCUT2D eigenvalue weighted by Crippen LogP contribution is -2.38. The maximum absolute atomic E-state index is 12.3. The molecule has 0 bridgehead atoms. The van der Waals surface area contributed by atoms with Gasteiger partial charge in [-0.2, -0.15) is 0 Å². The van der Waals surface area contributed by atoms with Gasteiger partial charge in [-0.25, -0.2) is 0 Å². The predicted molar refractivity (Wildman–Crippen MR) is 84.6 cm³/mol. The van der Waals surface area contributed by atoms with Gasteiger partial charge in [-0.1, -0.05) is 24.3 Å². The van der Waals surface area contributed by atoms with E-state index < -0.39 is 0 Å². The number of carbonyl (C=O) groups excluding carboxylic acids is 1. The first-order chi connectivity index (χ1) is 10.2. The molecular weight excluding hydrogens is 282 g/mol. The van der Waals surface area contributed by atoms with Crippen LogP contribution in [0.5, 0.6) is 0 Å². The van der Waals surface area contributed by atoms with Gasteiger partial charge < -0.3 is 10.6 Å². The van der Waals surface area contributed by atoms with E-state index in [-0.39, 0.29) is 12.1 Å². The van der Waals surface area contributed by atoms with Crippen LogP contribution < -0.4 is 10.6 Å². The van der Waals surface area contributed by atoms with Crippen LogP contribution in [0.1, 0.15) is 27.1 Å². The van der Waals surface area contributed by atoms with Crippen molar-refractivity contribution >= 4 is 33.0 Å². The van der Waals surface area contributed by atoms with Crippen LogP contribution in [-0.2, 0) is 0 Å². The second-order valence-electron chi connectivity index (χ2n) is 5.11. The van der Waals surface area contributed by atoms with Gasteiger partial charge in [0.1, 0.15) is 11.0 Å². The Bertz CT molecular complexity index is 838. The zero-order valence-electron chi connectivity index (χ0n) is 11.4. The molecule has 1 aliphatic heterocycles. The van der Waals surface area contributed by atoms with Crippen LogP contribution in [0.15, 0.2) is 42.6 Å². The van der Waals surface area contributed by atoms with Gasteiger partial charge in [-0.15, -0.1) is 11.3 Å². The average molecular weight is 295 g/mol. The van der Waals surface area contributed by atoms with Crippen molar-refractivity contribution in [2.75, 3.05) is 5.32 Å². The van der Waals surface area contributed by atoms with E-state index in [0.717, 1.165) is 31.9 Å². The number of amides is 1. The Morgan fingerprint density at radius 3 is 2.81 bits per heavy atom. The quantitative estimate of drug-likeness (QED) is 0.723. The molecule has 3 aromatic rings. The molecule has 1 unspecified atom stereocenters. The summed E-state index contributed by atoms with van der Waals surface area (Å²) in [5.41, 5.74) is 2.82. The van der Waals surface area contributed by atoms with E-state index in [0.29, 0.717) is 0 Å². The van der Waals surface area contributed by atoms with Gasteiger partial charge in [0.2, 0.25) is 0 Å². The van der Waals surface area contributed by atoms with Crippen LogP contribution in [0.3, 0.4) is 0 Å². The molecule has 1 amide bonds. The Morgan fingerprint density at radius 1 is 1.14 bits per heavy atom. The summed E-state index contributed by atoms with van der Waals surface area (Å²) in [6.45, 7) is 1.99. The number of anilines is 1. The third-order valence-corrected chi connectivity index (χ3v) is 4.77. The molecule has 21 heavy (non-hydrogen) atoms. The molecule has 4 nitrogen and oxygen atoms in total. The second kappa shape index (κ2) is 4.56. The first-order valence-corrected chi connectivity index (χ1v) is 7.55. The Labute approximate surface area is 125 Å². The number of pyridine rings is 1. The van der Waals surface area contributed by atoms with Gasteiger partial charge in [-0.05, 0) is 24.6 Å². The maximum atomic E-state index is 12.3. The number of fused-ring (bicyclic) bond motifs is 3. The number of rotatable bonds is 1. The monoisotopic (exact) mass is 295 g/mol. The van der Waals surface area contributed by atoms with Crippen LogP contribution in [0.25, 0.3) is 10.1 Å². The second-order valence-corrected chi connectivity index (χ2v) is 6.17.